The number of hydrogen-bond acceptors (Lipinski definition) is 2. The zero-order chi connectivity index (χ0) is 9.59. The normalized spacial score (nSPS) is 45.0. The molecule has 4 atom stereocenters. The number of rotatable bonds is 2. The van der Waals surface area contributed by atoms with Crippen molar-refractivity contribution in [2.75, 3.05) is 0 Å². The van der Waals surface area contributed by atoms with Gasteiger partial charge in [-0.1, -0.05) is 6.92 Å². The molecule has 1 aliphatic heterocycles. The van der Waals surface area contributed by atoms with Gasteiger partial charge in [0.15, 0.2) is 0 Å². The van der Waals surface area contributed by atoms with Crippen molar-refractivity contribution in [1.29, 1.82) is 0 Å². The molecule has 76 valence electrons. The Morgan fingerprint density at radius 1 is 1.38 bits per heavy atom. The summed E-state index contributed by atoms with van der Waals surface area (Å²) >= 11 is 0. The van der Waals surface area contributed by atoms with Crippen LogP contribution in [0, 0.1) is 5.92 Å². The Kier molecular flexibility index (Phi) is 2.37. The highest BCUT2D eigenvalue weighted by Gasteiger charge is 2.52. The summed E-state index contributed by atoms with van der Waals surface area (Å²) in [5, 5.41) is 9.60. The van der Waals surface area contributed by atoms with Crippen LogP contribution in [0.15, 0.2) is 0 Å². The molecule has 2 nitrogen and oxygen atoms in total. The SMILES string of the molecule is CCC1C2CC(O)CC2N1C(C)C. The van der Waals surface area contributed by atoms with Gasteiger partial charge in [-0.15, -0.1) is 0 Å². The first-order valence-electron chi connectivity index (χ1n) is 5.60. The fourth-order valence-electron chi connectivity index (χ4n) is 3.42. The molecule has 4 unspecified atom stereocenters. The van der Waals surface area contributed by atoms with E-state index in [0.717, 1.165) is 24.8 Å². The molecule has 0 aromatic rings. The number of fused-ring (bicyclic) bond motifs is 1. The van der Waals surface area contributed by atoms with Crippen LogP contribution in [0.25, 0.3) is 0 Å². The van der Waals surface area contributed by atoms with E-state index in [4.69, 9.17) is 0 Å². The van der Waals surface area contributed by atoms with Crippen molar-refractivity contribution < 1.29 is 5.11 Å². The second-order valence-electron chi connectivity index (χ2n) is 4.87. The van der Waals surface area contributed by atoms with Crippen molar-refractivity contribution in [3.05, 3.63) is 0 Å². The van der Waals surface area contributed by atoms with Gasteiger partial charge >= 0.3 is 0 Å². The van der Waals surface area contributed by atoms with Gasteiger partial charge in [-0.2, -0.15) is 0 Å². The molecule has 1 saturated heterocycles. The lowest BCUT2D eigenvalue weighted by Gasteiger charge is -2.54. The molecule has 1 saturated carbocycles. The second-order valence-corrected chi connectivity index (χ2v) is 4.87. The molecular weight excluding hydrogens is 162 g/mol. The molecule has 2 heteroatoms. The number of aliphatic hydroxyl groups excluding tert-OH is 1. The molecule has 0 aromatic heterocycles. The summed E-state index contributed by atoms with van der Waals surface area (Å²) in [6.07, 6.45) is 3.28. The maximum atomic E-state index is 9.60. The highest BCUT2D eigenvalue weighted by atomic mass is 16.3. The Balaban J connectivity index is 2.05. The maximum Gasteiger partial charge on any atom is 0.0559 e. The second kappa shape index (κ2) is 3.25. The van der Waals surface area contributed by atoms with E-state index in [1.807, 2.05) is 0 Å². The van der Waals surface area contributed by atoms with Gasteiger partial charge in [-0.3, -0.25) is 4.90 Å². The van der Waals surface area contributed by atoms with Crippen LogP contribution in [0.4, 0.5) is 0 Å². The maximum absolute atomic E-state index is 9.60. The predicted molar refractivity (Wildman–Crippen MR) is 53.6 cm³/mol. The van der Waals surface area contributed by atoms with Crippen LogP contribution in [-0.2, 0) is 0 Å². The van der Waals surface area contributed by atoms with Gasteiger partial charge in [-0.05, 0) is 39.0 Å². The van der Waals surface area contributed by atoms with E-state index in [1.54, 1.807) is 0 Å². The molecule has 2 rings (SSSR count). The summed E-state index contributed by atoms with van der Waals surface area (Å²) < 4.78 is 0. The summed E-state index contributed by atoms with van der Waals surface area (Å²) in [6, 6.07) is 2.10. The Morgan fingerprint density at radius 2 is 2.08 bits per heavy atom. The molecule has 1 N–H and O–H groups in total. The van der Waals surface area contributed by atoms with Crippen LogP contribution in [-0.4, -0.2) is 34.2 Å². The fraction of sp³-hybridized carbons (Fsp3) is 1.00. The first kappa shape index (κ1) is 9.47. The monoisotopic (exact) mass is 183 g/mol. The van der Waals surface area contributed by atoms with Crippen molar-refractivity contribution in [3.63, 3.8) is 0 Å². The van der Waals surface area contributed by atoms with Crippen LogP contribution in [0.2, 0.25) is 0 Å². The third-order valence-electron chi connectivity index (χ3n) is 3.83. The third kappa shape index (κ3) is 1.31. The van der Waals surface area contributed by atoms with Crippen LogP contribution in [0.1, 0.15) is 40.0 Å². The lowest BCUT2D eigenvalue weighted by atomic mass is 9.79. The first-order chi connectivity index (χ1) is 6.15. The number of hydrogen-bond donors (Lipinski definition) is 1. The zero-order valence-corrected chi connectivity index (χ0v) is 8.90. The van der Waals surface area contributed by atoms with Crippen LogP contribution in [0.3, 0.4) is 0 Å². The zero-order valence-electron chi connectivity index (χ0n) is 8.90. The molecule has 2 aliphatic rings. The van der Waals surface area contributed by atoms with Crippen molar-refractivity contribution >= 4 is 0 Å². The van der Waals surface area contributed by atoms with E-state index in [9.17, 15) is 5.11 Å². The number of likely N-dealkylation sites (tertiary alicyclic amines) is 1. The highest BCUT2D eigenvalue weighted by molar-refractivity contribution is 5.06. The molecule has 0 amide bonds. The first-order valence-corrected chi connectivity index (χ1v) is 5.60. The number of nitrogens with zero attached hydrogens (tertiary/aromatic N) is 1. The van der Waals surface area contributed by atoms with Gasteiger partial charge < -0.3 is 5.11 Å². The predicted octanol–water partition coefficient (Wildman–Crippen LogP) is 1.63. The lowest BCUT2D eigenvalue weighted by Crippen LogP contribution is -2.63. The Bertz CT molecular complexity index is 187. The van der Waals surface area contributed by atoms with Crippen LogP contribution < -0.4 is 0 Å². The molecule has 0 bridgehead atoms. The molecule has 13 heavy (non-hydrogen) atoms. The van der Waals surface area contributed by atoms with Gasteiger partial charge in [0.05, 0.1) is 6.10 Å². The minimum absolute atomic E-state index is 0.0206. The molecule has 0 spiro atoms. The van der Waals surface area contributed by atoms with Gasteiger partial charge in [0.2, 0.25) is 0 Å². The average molecular weight is 183 g/mol. The Labute approximate surface area is 80.9 Å². The molecule has 1 aliphatic carbocycles. The van der Waals surface area contributed by atoms with E-state index in [1.165, 1.54) is 6.42 Å². The van der Waals surface area contributed by atoms with Crippen molar-refractivity contribution in [1.82, 2.24) is 4.90 Å². The van der Waals surface area contributed by atoms with E-state index in [2.05, 4.69) is 25.7 Å². The smallest absolute Gasteiger partial charge is 0.0559 e. The van der Waals surface area contributed by atoms with E-state index in [-0.39, 0.29) is 6.10 Å². The molecule has 0 radical (unpaired) electrons. The quantitative estimate of drug-likeness (QED) is 0.703. The van der Waals surface area contributed by atoms with E-state index in [0.29, 0.717) is 12.1 Å². The topological polar surface area (TPSA) is 23.5 Å². The Morgan fingerprint density at radius 3 is 2.62 bits per heavy atom. The minimum atomic E-state index is -0.0206. The summed E-state index contributed by atoms with van der Waals surface area (Å²) in [5.74, 6) is 0.794. The molecular formula is C11H21NO. The van der Waals surface area contributed by atoms with Gasteiger partial charge in [-0.25, -0.2) is 0 Å². The van der Waals surface area contributed by atoms with Crippen LogP contribution in [0.5, 0.6) is 0 Å². The average Bonchev–Trinajstić information content (AvgIpc) is 2.32. The summed E-state index contributed by atoms with van der Waals surface area (Å²) in [5.41, 5.74) is 0. The summed E-state index contributed by atoms with van der Waals surface area (Å²) in [4.78, 5) is 2.60. The largest absolute Gasteiger partial charge is 0.393 e. The number of aliphatic hydroxyl groups is 1. The summed E-state index contributed by atoms with van der Waals surface area (Å²) in [6.45, 7) is 6.80. The molecule has 0 aromatic carbocycles. The van der Waals surface area contributed by atoms with E-state index < -0.39 is 0 Å². The minimum Gasteiger partial charge on any atom is -0.393 e. The highest BCUT2D eigenvalue weighted by Crippen LogP contribution is 2.46. The van der Waals surface area contributed by atoms with Gasteiger partial charge in [0.25, 0.3) is 0 Å². The van der Waals surface area contributed by atoms with Crippen molar-refractivity contribution in [2.24, 2.45) is 5.92 Å². The standard InChI is InChI=1S/C11H21NO/c1-4-10-9-5-8(13)6-11(9)12(10)7(2)3/h7-11,13H,4-6H2,1-3H3. The fourth-order valence-corrected chi connectivity index (χ4v) is 3.42. The molecule has 2 fully saturated rings. The third-order valence-corrected chi connectivity index (χ3v) is 3.83. The van der Waals surface area contributed by atoms with Crippen molar-refractivity contribution in [2.45, 2.75) is 64.3 Å². The van der Waals surface area contributed by atoms with E-state index >= 15 is 0 Å². The summed E-state index contributed by atoms with van der Waals surface area (Å²) in [7, 11) is 0. The lowest BCUT2D eigenvalue weighted by molar-refractivity contribution is -0.0627. The van der Waals surface area contributed by atoms with Gasteiger partial charge in [0.1, 0.15) is 0 Å². The van der Waals surface area contributed by atoms with Crippen molar-refractivity contribution in [3.8, 4) is 0 Å². The van der Waals surface area contributed by atoms with Gasteiger partial charge in [0, 0.05) is 18.1 Å². The van der Waals surface area contributed by atoms with Crippen LogP contribution >= 0.6 is 0 Å². The molecule has 1 heterocycles. The Hall–Kier alpha value is -0.0800.